The van der Waals surface area contributed by atoms with Gasteiger partial charge in [-0.25, -0.2) is 0 Å². The summed E-state index contributed by atoms with van der Waals surface area (Å²) >= 11 is 0. The predicted molar refractivity (Wildman–Crippen MR) is 97.5 cm³/mol. The molecule has 1 aliphatic heterocycles. The van der Waals surface area contributed by atoms with Crippen LogP contribution < -0.4 is 4.90 Å². The third-order valence-electron chi connectivity index (χ3n) is 4.58. The highest BCUT2D eigenvalue weighted by Gasteiger charge is 2.24. The molecule has 0 aliphatic carbocycles. The Morgan fingerprint density at radius 3 is 2.52 bits per heavy atom. The van der Waals surface area contributed by atoms with Crippen LogP contribution >= 0.6 is 0 Å². The lowest BCUT2D eigenvalue weighted by molar-refractivity contribution is -0.384. The molecule has 138 valence electrons. The van der Waals surface area contributed by atoms with Gasteiger partial charge in [0.2, 0.25) is 0 Å². The molecule has 1 saturated heterocycles. The third-order valence-corrected chi connectivity index (χ3v) is 4.58. The number of nitrogens with one attached hydrogen (secondary N) is 1. The lowest BCUT2D eigenvalue weighted by Crippen LogP contribution is -2.48. The summed E-state index contributed by atoms with van der Waals surface area (Å²) in [6.07, 6.45) is 1.56. The van der Waals surface area contributed by atoms with Gasteiger partial charge in [0.1, 0.15) is 5.69 Å². The van der Waals surface area contributed by atoms with Gasteiger partial charge in [-0.3, -0.25) is 20.0 Å². The molecular formula is C18H17N5O4. The lowest BCUT2D eigenvalue weighted by Gasteiger charge is -2.35. The Morgan fingerprint density at radius 1 is 1.15 bits per heavy atom. The molecule has 1 fully saturated rings. The second-order valence-electron chi connectivity index (χ2n) is 6.20. The first-order valence-corrected chi connectivity index (χ1v) is 8.50. The van der Waals surface area contributed by atoms with Crippen LogP contribution in [0.25, 0.3) is 11.5 Å². The highest BCUT2D eigenvalue weighted by Crippen LogP contribution is 2.22. The number of amides is 1. The first-order chi connectivity index (χ1) is 13.1. The van der Waals surface area contributed by atoms with Crippen molar-refractivity contribution in [2.45, 2.75) is 0 Å². The highest BCUT2D eigenvalue weighted by molar-refractivity contribution is 5.93. The van der Waals surface area contributed by atoms with Crippen LogP contribution in [-0.2, 0) is 0 Å². The van der Waals surface area contributed by atoms with Crippen molar-refractivity contribution in [1.29, 1.82) is 0 Å². The number of carbonyl (C=O) groups excluding carboxylic acids is 1. The fraction of sp³-hybridized carbons (Fsp3) is 0.222. The molecule has 1 N–H and O–H groups in total. The summed E-state index contributed by atoms with van der Waals surface area (Å²) in [4.78, 5) is 26.9. The summed E-state index contributed by atoms with van der Waals surface area (Å²) in [6.45, 7) is 2.41. The molecule has 0 radical (unpaired) electrons. The Balaban J connectivity index is 1.38. The third kappa shape index (κ3) is 3.39. The number of rotatable bonds is 4. The molecule has 0 bridgehead atoms. The average molecular weight is 367 g/mol. The molecule has 0 atom stereocenters. The SMILES string of the molecule is O=C(c1cc(-c2ccco2)[nH]n1)N1CCN(c2ccc([N+](=O)[O-])cc2)CC1. The van der Waals surface area contributed by atoms with Gasteiger partial charge < -0.3 is 14.2 Å². The number of aromatic nitrogens is 2. The summed E-state index contributed by atoms with van der Waals surface area (Å²) in [7, 11) is 0. The van der Waals surface area contributed by atoms with E-state index in [1.807, 2.05) is 0 Å². The number of nitro benzene ring substituents is 1. The molecule has 1 aliphatic rings. The molecule has 1 aromatic carbocycles. The summed E-state index contributed by atoms with van der Waals surface area (Å²) in [5, 5.41) is 17.7. The monoisotopic (exact) mass is 367 g/mol. The van der Waals surface area contributed by atoms with Gasteiger partial charge in [0, 0.05) is 50.1 Å². The average Bonchev–Trinajstić information content (AvgIpc) is 3.39. The number of nitro groups is 1. The number of nitrogens with zero attached hydrogens (tertiary/aromatic N) is 4. The second-order valence-corrected chi connectivity index (χ2v) is 6.20. The first-order valence-electron chi connectivity index (χ1n) is 8.50. The molecule has 0 saturated carbocycles. The van der Waals surface area contributed by atoms with Crippen molar-refractivity contribution < 1.29 is 14.1 Å². The van der Waals surface area contributed by atoms with E-state index in [9.17, 15) is 14.9 Å². The Kier molecular flexibility index (Phi) is 4.33. The van der Waals surface area contributed by atoms with E-state index in [1.165, 1.54) is 12.1 Å². The minimum atomic E-state index is -0.415. The number of H-pyrrole nitrogens is 1. The number of carbonyl (C=O) groups is 1. The Bertz CT molecular complexity index is 941. The van der Waals surface area contributed by atoms with E-state index in [1.54, 1.807) is 41.5 Å². The quantitative estimate of drug-likeness (QED) is 0.561. The second kappa shape index (κ2) is 6.94. The van der Waals surface area contributed by atoms with E-state index >= 15 is 0 Å². The van der Waals surface area contributed by atoms with Gasteiger partial charge in [0.05, 0.1) is 11.2 Å². The van der Waals surface area contributed by atoms with E-state index in [2.05, 4.69) is 15.1 Å². The first kappa shape index (κ1) is 16.8. The van der Waals surface area contributed by atoms with Crippen LogP contribution in [0.4, 0.5) is 11.4 Å². The molecule has 9 nitrogen and oxygen atoms in total. The molecule has 3 heterocycles. The smallest absolute Gasteiger partial charge is 0.274 e. The van der Waals surface area contributed by atoms with Crippen molar-refractivity contribution in [3.63, 3.8) is 0 Å². The summed E-state index contributed by atoms with van der Waals surface area (Å²) < 4.78 is 5.30. The fourth-order valence-electron chi connectivity index (χ4n) is 3.10. The number of non-ortho nitro benzene ring substituents is 1. The number of piperazine rings is 1. The molecule has 0 spiro atoms. The van der Waals surface area contributed by atoms with Gasteiger partial charge in [-0.05, 0) is 24.3 Å². The van der Waals surface area contributed by atoms with Crippen molar-refractivity contribution in [2.75, 3.05) is 31.1 Å². The molecule has 2 aromatic heterocycles. The minimum Gasteiger partial charge on any atom is -0.463 e. The van der Waals surface area contributed by atoms with Crippen LogP contribution in [0.2, 0.25) is 0 Å². The highest BCUT2D eigenvalue weighted by atomic mass is 16.6. The van der Waals surface area contributed by atoms with Gasteiger partial charge in [0.25, 0.3) is 11.6 Å². The Labute approximate surface area is 154 Å². The largest absolute Gasteiger partial charge is 0.463 e. The standard InChI is InChI=1S/C18H17N5O4/c24-18(16-12-15(19-20-16)17-2-1-11-27-17)22-9-7-21(8-10-22)13-3-5-14(6-4-13)23(25)26/h1-6,11-12H,7-10H2,(H,19,20). The Morgan fingerprint density at radius 2 is 1.89 bits per heavy atom. The maximum atomic E-state index is 12.7. The van der Waals surface area contributed by atoms with Gasteiger partial charge in [0.15, 0.2) is 11.5 Å². The van der Waals surface area contributed by atoms with E-state index in [0.29, 0.717) is 43.3 Å². The predicted octanol–water partition coefficient (Wildman–Crippen LogP) is 2.54. The van der Waals surface area contributed by atoms with Crippen LogP contribution in [0.1, 0.15) is 10.5 Å². The van der Waals surface area contributed by atoms with Crippen LogP contribution in [0.15, 0.2) is 53.1 Å². The maximum absolute atomic E-state index is 12.7. The molecule has 0 unspecified atom stereocenters. The van der Waals surface area contributed by atoms with Crippen LogP contribution in [0.3, 0.4) is 0 Å². The number of anilines is 1. The number of hydrogen-bond acceptors (Lipinski definition) is 6. The molecule has 27 heavy (non-hydrogen) atoms. The van der Waals surface area contributed by atoms with Gasteiger partial charge in [-0.15, -0.1) is 0 Å². The van der Waals surface area contributed by atoms with E-state index in [-0.39, 0.29) is 11.6 Å². The van der Waals surface area contributed by atoms with Crippen molar-refractivity contribution in [2.24, 2.45) is 0 Å². The van der Waals surface area contributed by atoms with Crippen molar-refractivity contribution in [3.8, 4) is 11.5 Å². The van der Waals surface area contributed by atoms with Crippen LogP contribution in [0, 0.1) is 10.1 Å². The van der Waals surface area contributed by atoms with Gasteiger partial charge in [-0.1, -0.05) is 0 Å². The summed E-state index contributed by atoms with van der Waals surface area (Å²) in [5.41, 5.74) is 1.99. The fourth-order valence-corrected chi connectivity index (χ4v) is 3.10. The number of benzene rings is 1. The zero-order chi connectivity index (χ0) is 18.8. The molecule has 4 rings (SSSR count). The maximum Gasteiger partial charge on any atom is 0.274 e. The zero-order valence-corrected chi connectivity index (χ0v) is 14.4. The van der Waals surface area contributed by atoms with Crippen molar-refractivity contribution >= 4 is 17.3 Å². The number of aromatic amines is 1. The van der Waals surface area contributed by atoms with E-state index < -0.39 is 4.92 Å². The summed E-state index contributed by atoms with van der Waals surface area (Å²) in [6, 6.07) is 11.7. The van der Waals surface area contributed by atoms with Crippen molar-refractivity contribution in [3.05, 3.63) is 64.5 Å². The normalized spacial score (nSPS) is 14.4. The molecule has 1 amide bonds. The Hall–Kier alpha value is -3.62. The van der Waals surface area contributed by atoms with Crippen LogP contribution in [-0.4, -0.2) is 52.1 Å². The molecule has 3 aromatic rings. The summed E-state index contributed by atoms with van der Waals surface area (Å²) in [5.74, 6) is 0.497. The number of hydrogen-bond donors (Lipinski definition) is 1. The number of furan rings is 1. The molecule has 9 heteroatoms. The zero-order valence-electron chi connectivity index (χ0n) is 14.4. The lowest BCUT2D eigenvalue weighted by atomic mass is 10.2. The van der Waals surface area contributed by atoms with Gasteiger partial charge >= 0.3 is 0 Å². The van der Waals surface area contributed by atoms with Crippen molar-refractivity contribution in [1.82, 2.24) is 15.1 Å². The minimum absolute atomic E-state index is 0.0680. The van der Waals surface area contributed by atoms with Crippen LogP contribution in [0.5, 0.6) is 0 Å². The van der Waals surface area contributed by atoms with Gasteiger partial charge in [-0.2, -0.15) is 5.10 Å². The van der Waals surface area contributed by atoms with E-state index in [0.717, 1.165) is 5.69 Å². The topological polar surface area (TPSA) is 109 Å². The van der Waals surface area contributed by atoms with E-state index in [4.69, 9.17) is 4.42 Å². The molecular weight excluding hydrogens is 350 g/mol.